The van der Waals surface area contributed by atoms with Gasteiger partial charge in [0.15, 0.2) is 5.78 Å². The molecule has 5 heteroatoms. The standard InChI is InChI=1S/C23H19N3O2/c1-15(23(28)25-20-10-11-21-19(13-20)14-24-26-21)17-8-5-9-18(12-17)22(27)16-6-3-2-4-7-16/h2-15H,1H3,(H,24,26)(H,25,28). The van der Waals surface area contributed by atoms with Crippen LogP contribution in [0.2, 0.25) is 0 Å². The maximum absolute atomic E-state index is 12.7. The minimum absolute atomic E-state index is 0.0551. The van der Waals surface area contributed by atoms with Crippen molar-refractivity contribution in [3.8, 4) is 0 Å². The highest BCUT2D eigenvalue weighted by molar-refractivity contribution is 6.09. The number of benzene rings is 3. The van der Waals surface area contributed by atoms with Gasteiger partial charge in [-0.2, -0.15) is 5.10 Å². The van der Waals surface area contributed by atoms with Crippen molar-refractivity contribution >= 4 is 28.3 Å². The first kappa shape index (κ1) is 17.7. The molecule has 5 nitrogen and oxygen atoms in total. The van der Waals surface area contributed by atoms with E-state index in [1.54, 1.807) is 30.5 Å². The molecule has 28 heavy (non-hydrogen) atoms. The van der Waals surface area contributed by atoms with E-state index in [-0.39, 0.29) is 11.7 Å². The number of aromatic amines is 1. The van der Waals surface area contributed by atoms with Crippen LogP contribution in [0.3, 0.4) is 0 Å². The zero-order valence-corrected chi connectivity index (χ0v) is 15.3. The van der Waals surface area contributed by atoms with Crippen molar-refractivity contribution in [1.82, 2.24) is 10.2 Å². The number of hydrogen-bond donors (Lipinski definition) is 2. The minimum Gasteiger partial charge on any atom is -0.326 e. The zero-order valence-electron chi connectivity index (χ0n) is 15.3. The Bertz CT molecular complexity index is 1150. The number of anilines is 1. The van der Waals surface area contributed by atoms with Gasteiger partial charge in [0.1, 0.15) is 0 Å². The summed E-state index contributed by atoms with van der Waals surface area (Å²) in [7, 11) is 0. The number of nitrogens with one attached hydrogen (secondary N) is 2. The quantitative estimate of drug-likeness (QED) is 0.507. The van der Waals surface area contributed by atoms with Crippen LogP contribution in [0.4, 0.5) is 5.69 Å². The molecule has 0 fully saturated rings. The molecule has 0 aliphatic rings. The van der Waals surface area contributed by atoms with E-state index in [4.69, 9.17) is 0 Å². The van der Waals surface area contributed by atoms with E-state index in [9.17, 15) is 9.59 Å². The fraction of sp³-hybridized carbons (Fsp3) is 0.0870. The van der Waals surface area contributed by atoms with Gasteiger partial charge >= 0.3 is 0 Å². The van der Waals surface area contributed by atoms with Crippen molar-refractivity contribution < 1.29 is 9.59 Å². The molecule has 0 radical (unpaired) electrons. The highest BCUT2D eigenvalue weighted by atomic mass is 16.2. The summed E-state index contributed by atoms with van der Waals surface area (Å²) >= 11 is 0. The maximum atomic E-state index is 12.7. The number of H-pyrrole nitrogens is 1. The average molecular weight is 369 g/mol. The Morgan fingerprint density at radius 3 is 2.54 bits per heavy atom. The van der Waals surface area contributed by atoms with Gasteiger partial charge in [-0.15, -0.1) is 0 Å². The second-order valence-corrected chi connectivity index (χ2v) is 6.70. The van der Waals surface area contributed by atoms with E-state index < -0.39 is 5.92 Å². The molecule has 0 bridgehead atoms. The normalized spacial score (nSPS) is 11.9. The second kappa shape index (κ2) is 7.48. The first-order chi connectivity index (χ1) is 13.6. The van der Waals surface area contributed by atoms with Crippen LogP contribution < -0.4 is 5.32 Å². The monoisotopic (exact) mass is 369 g/mol. The molecule has 1 amide bonds. The van der Waals surface area contributed by atoms with Gasteiger partial charge in [-0.25, -0.2) is 0 Å². The van der Waals surface area contributed by atoms with Crippen molar-refractivity contribution in [2.75, 3.05) is 5.32 Å². The lowest BCUT2D eigenvalue weighted by Crippen LogP contribution is -2.19. The van der Waals surface area contributed by atoms with Crippen LogP contribution in [0, 0.1) is 0 Å². The molecule has 1 heterocycles. The van der Waals surface area contributed by atoms with Gasteiger partial charge in [0, 0.05) is 22.2 Å². The predicted octanol–water partition coefficient (Wildman–Crippen LogP) is 4.54. The first-order valence-electron chi connectivity index (χ1n) is 9.05. The summed E-state index contributed by atoms with van der Waals surface area (Å²) in [5.74, 6) is -0.587. The van der Waals surface area contributed by atoms with Gasteiger partial charge in [0.2, 0.25) is 5.91 Å². The molecular weight excluding hydrogens is 350 g/mol. The second-order valence-electron chi connectivity index (χ2n) is 6.70. The first-order valence-corrected chi connectivity index (χ1v) is 9.05. The van der Waals surface area contributed by atoms with Gasteiger partial charge in [0.05, 0.1) is 17.6 Å². The number of carbonyl (C=O) groups excluding carboxylic acids is 2. The molecule has 3 aromatic carbocycles. The number of carbonyl (C=O) groups is 2. The van der Waals surface area contributed by atoms with E-state index in [0.717, 1.165) is 16.5 Å². The number of fused-ring (bicyclic) bond motifs is 1. The van der Waals surface area contributed by atoms with Crippen LogP contribution in [0.25, 0.3) is 10.9 Å². The van der Waals surface area contributed by atoms with Crippen LogP contribution in [-0.2, 0) is 4.79 Å². The van der Waals surface area contributed by atoms with Crippen molar-refractivity contribution in [2.45, 2.75) is 12.8 Å². The smallest absolute Gasteiger partial charge is 0.231 e. The number of nitrogens with zero attached hydrogens (tertiary/aromatic N) is 1. The zero-order chi connectivity index (χ0) is 19.5. The van der Waals surface area contributed by atoms with E-state index in [2.05, 4.69) is 15.5 Å². The van der Waals surface area contributed by atoms with Crippen LogP contribution in [0.1, 0.15) is 34.3 Å². The van der Waals surface area contributed by atoms with Crippen LogP contribution >= 0.6 is 0 Å². The predicted molar refractivity (Wildman–Crippen MR) is 109 cm³/mol. The third kappa shape index (κ3) is 3.55. The molecule has 2 N–H and O–H groups in total. The summed E-state index contributed by atoms with van der Waals surface area (Å²) in [5, 5.41) is 10.7. The lowest BCUT2D eigenvalue weighted by Gasteiger charge is -2.14. The minimum atomic E-state index is -0.399. The molecular formula is C23H19N3O2. The molecule has 4 rings (SSSR count). The SMILES string of the molecule is CC(C(=O)Nc1ccc2[nH]ncc2c1)c1cccc(C(=O)c2ccccc2)c1. The van der Waals surface area contributed by atoms with Gasteiger partial charge in [0.25, 0.3) is 0 Å². The maximum Gasteiger partial charge on any atom is 0.231 e. The fourth-order valence-electron chi connectivity index (χ4n) is 3.13. The Balaban J connectivity index is 1.53. The van der Waals surface area contributed by atoms with E-state index in [1.165, 1.54) is 0 Å². The van der Waals surface area contributed by atoms with Gasteiger partial charge in [-0.1, -0.05) is 48.5 Å². The topological polar surface area (TPSA) is 74.8 Å². The molecule has 0 aliphatic carbocycles. The molecule has 1 atom stereocenters. The van der Waals surface area contributed by atoms with Crippen molar-refractivity contribution in [1.29, 1.82) is 0 Å². The Hall–Kier alpha value is -3.73. The Morgan fingerprint density at radius 1 is 0.929 bits per heavy atom. The highest BCUT2D eigenvalue weighted by Crippen LogP contribution is 2.22. The largest absolute Gasteiger partial charge is 0.326 e. The highest BCUT2D eigenvalue weighted by Gasteiger charge is 2.18. The lowest BCUT2D eigenvalue weighted by molar-refractivity contribution is -0.117. The van der Waals surface area contributed by atoms with Crippen LogP contribution in [0.15, 0.2) is 79.0 Å². The molecule has 1 aromatic heterocycles. The Morgan fingerprint density at radius 2 is 1.71 bits per heavy atom. The lowest BCUT2D eigenvalue weighted by atomic mass is 9.95. The van der Waals surface area contributed by atoms with E-state index >= 15 is 0 Å². The third-order valence-corrected chi connectivity index (χ3v) is 4.79. The summed E-state index contributed by atoms with van der Waals surface area (Å²) in [5.41, 5.74) is 3.62. The molecule has 0 saturated heterocycles. The van der Waals surface area contributed by atoms with E-state index in [1.807, 2.05) is 55.5 Å². The van der Waals surface area contributed by atoms with Gasteiger partial charge in [-0.3, -0.25) is 14.7 Å². The molecule has 138 valence electrons. The van der Waals surface area contributed by atoms with Crippen LogP contribution in [0.5, 0.6) is 0 Å². The fourth-order valence-corrected chi connectivity index (χ4v) is 3.13. The molecule has 0 saturated carbocycles. The number of rotatable bonds is 5. The number of hydrogen-bond acceptors (Lipinski definition) is 3. The van der Waals surface area contributed by atoms with Crippen LogP contribution in [-0.4, -0.2) is 21.9 Å². The summed E-state index contributed by atoms with van der Waals surface area (Å²) in [4.78, 5) is 25.4. The van der Waals surface area contributed by atoms with Gasteiger partial charge < -0.3 is 5.32 Å². The Kier molecular flexibility index (Phi) is 4.72. The summed E-state index contributed by atoms with van der Waals surface area (Å²) < 4.78 is 0. The van der Waals surface area contributed by atoms with Crippen molar-refractivity contribution in [3.05, 3.63) is 95.7 Å². The molecule has 0 spiro atoms. The Labute approximate surface area is 162 Å². The van der Waals surface area contributed by atoms with Crippen molar-refractivity contribution in [3.63, 3.8) is 0 Å². The summed E-state index contributed by atoms with van der Waals surface area (Å²) in [6.07, 6.45) is 1.72. The van der Waals surface area contributed by atoms with Crippen molar-refractivity contribution in [2.24, 2.45) is 0 Å². The number of amides is 1. The van der Waals surface area contributed by atoms with Gasteiger partial charge in [-0.05, 0) is 36.8 Å². The summed E-state index contributed by atoms with van der Waals surface area (Å²) in [6, 6.07) is 22.0. The van der Waals surface area contributed by atoms with E-state index in [0.29, 0.717) is 16.8 Å². The third-order valence-electron chi connectivity index (χ3n) is 4.79. The number of aromatic nitrogens is 2. The molecule has 0 aliphatic heterocycles. The average Bonchev–Trinajstić information content (AvgIpc) is 3.21. The molecule has 1 unspecified atom stereocenters. The number of ketones is 1. The summed E-state index contributed by atoms with van der Waals surface area (Å²) in [6.45, 7) is 1.83. The molecule has 4 aromatic rings.